The van der Waals surface area contributed by atoms with E-state index in [0.717, 1.165) is 31.1 Å². The molecule has 2 aromatic heterocycles. The van der Waals surface area contributed by atoms with Gasteiger partial charge in [0, 0.05) is 41.9 Å². The number of hydrogen-bond donors (Lipinski definition) is 3. The third kappa shape index (κ3) is 5.65. The smallest absolute Gasteiger partial charge is 0.277 e. The lowest BCUT2D eigenvalue weighted by molar-refractivity contribution is -0.122. The topological polar surface area (TPSA) is 131 Å². The van der Waals surface area contributed by atoms with E-state index < -0.39 is 0 Å². The number of nitrogens with zero attached hydrogens (tertiary/aromatic N) is 3. The summed E-state index contributed by atoms with van der Waals surface area (Å²) in [6.07, 6.45) is 12.7. The first-order valence-corrected chi connectivity index (χ1v) is 11.7. The molecule has 2 aliphatic rings. The molecule has 1 saturated carbocycles. The normalized spacial score (nSPS) is 15.0. The second-order valence-electron chi connectivity index (χ2n) is 8.64. The number of carbonyl (C=O) groups is 3. The number of amides is 3. The number of oxazole rings is 1. The van der Waals surface area contributed by atoms with Gasteiger partial charge in [0.25, 0.3) is 11.8 Å². The van der Waals surface area contributed by atoms with Crippen LogP contribution in [0.3, 0.4) is 0 Å². The molecule has 1 aromatic carbocycles. The van der Waals surface area contributed by atoms with Crippen molar-refractivity contribution < 1.29 is 18.8 Å². The molecule has 0 unspecified atom stereocenters. The Labute approximate surface area is 201 Å². The van der Waals surface area contributed by atoms with Crippen molar-refractivity contribution in [2.45, 2.75) is 38.1 Å². The molecule has 0 saturated heterocycles. The largest absolute Gasteiger partial charge is 0.448 e. The number of carbonyl (C=O) groups excluding carboxylic acids is 3. The van der Waals surface area contributed by atoms with Crippen LogP contribution in [0.4, 0.5) is 5.69 Å². The van der Waals surface area contributed by atoms with Crippen LogP contribution >= 0.6 is 0 Å². The van der Waals surface area contributed by atoms with Gasteiger partial charge in [0.05, 0.1) is 5.52 Å². The molecule has 0 radical (unpaired) electrons. The summed E-state index contributed by atoms with van der Waals surface area (Å²) in [7, 11) is 0. The highest BCUT2D eigenvalue weighted by Crippen LogP contribution is 2.39. The van der Waals surface area contributed by atoms with Crippen molar-refractivity contribution in [3.63, 3.8) is 0 Å². The molecule has 10 nitrogen and oxygen atoms in total. The van der Waals surface area contributed by atoms with Crippen molar-refractivity contribution in [2.24, 2.45) is 0 Å². The van der Waals surface area contributed by atoms with E-state index >= 15 is 0 Å². The Kier molecular flexibility index (Phi) is 6.42. The molecule has 10 heteroatoms. The molecule has 5 rings (SSSR count). The summed E-state index contributed by atoms with van der Waals surface area (Å²) in [5.41, 5.74) is 2.21. The van der Waals surface area contributed by atoms with E-state index in [1.807, 2.05) is 18.2 Å². The van der Waals surface area contributed by atoms with E-state index in [-0.39, 0.29) is 30.0 Å². The highest BCUT2D eigenvalue weighted by molar-refractivity contribution is 6.03. The lowest BCUT2D eigenvalue weighted by Crippen LogP contribution is -2.36. The molecule has 3 N–H and O–H groups in total. The molecule has 0 atom stereocenters. The zero-order valence-electron chi connectivity index (χ0n) is 19.1. The van der Waals surface area contributed by atoms with E-state index in [0.29, 0.717) is 41.7 Å². The predicted molar refractivity (Wildman–Crippen MR) is 129 cm³/mol. The average Bonchev–Trinajstić information content (AvgIpc) is 3.45. The number of nitrogens with one attached hydrogen (secondary N) is 3. The van der Waals surface area contributed by atoms with Crippen LogP contribution in [0.25, 0.3) is 10.9 Å². The standard InChI is InChI=1S/C25H26N6O4/c32-22(26-10-11-27-23(33)16-4-2-1-3-5-16)14-31-13-18-12-19(8-9-20(18)30-31)28-24(34)21-15-35-25(29-21)17-6-7-17/h2,4-5,8-9,12-13,15,17H,1,3,6-7,10-11,14H2,(H,26,32)(H,27,33)(H,28,34). The van der Waals surface area contributed by atoms with Crippen LogP contribution < -0.4 is 16.0 Å². The second-order valence-corrected chi connectivity index (χ2v) is 8.64. The number of allylic oxidation sites excluding steroid dienone is 2. The molecule has 3 aromatic rings. The molecule has 0 spiro atoms. The Bertz CT molecular complexity index is 1330. The third-order valence-electron chi connectivity index (χ3n) is 5.79. The Morgan fingerprint density at radius 1 is 1.09 bits per heavy atom. The van der Waals surface area contributed by atoms with Crippen LogP contribution in [-0.4, -0.2) is 45.6 Å². The number of rotatable bonds is 9. The van der Waals surface area contributed by atoms with Gasteiger partial charge in [0.2, 0.25) is 5.91 Å². The van der Waals surface area contributed by atoms with Crippen LogP contribution in [0, 0.1) is 0 Å². The SMILES string of the molecule is O=C(Cn1cc2cc(NC(=O)c3coc(C4CC4)n3)ccc2n1)NCCNC(=O)C1=CCCC=C1. The fourth-order valence-corrected chi connectivity index (χ4v) is 3.81. The zero-order valence-corrected chi connectivity index (χ0v) is 19.1. The maximum Gasteiger partial charge on any atom is 0.277 e. The highest BCUT2D eigenvalue weighted by Gasteiger charge is 2.29. The van der Waals surface area contributed by atoms with Crippen LogP contribution in [0.1, 0.15) is 48.0 Å². The molecular weight excluding hydrogens is 448 g/mol. The van der Waals surface area contributed by atoms with Gasteiger partial charge in [-0.1, -0.05) is 18.2 Å². The summed E-state index contributed by atoms with van der Waals surface area (Å²) < 4.78 is 6.93. The molecule has 3 amide bonds. The third-order valence-corrected chi connectivity index (χ3v) is 5.79. The van der Waals surface area contributed by atoms with Gasteiger partial charge in [-0.2, -0.15) is 5.10 Å². The van der Waals surface area contributed by atoms with E-state index in [1.165, 1.54) is 6.26 Å². The quantitative estimate of drug-likeness (QED) is 0.409. The Morgan fingerprint density at radius 3 is 2.74 bits per heavy atom. The minimum atomic E-state index is -0.338. The van der Waals surface area contributed by atoms with Crippen molar-refractivity contribution in [1.29, 1.82) is 0 Å². The number of anilines is 1. The Morgan fingerprint density at radius 2 is 1.94 bits per heavy atom. The molecule has 0 bridgehead atoms. The number of aromatic nitrogens is 3. The molecule has 2 heterocycles. The minimum absolute atomic E-state index is 0.0428. The number of benzene rings is 1. The van der Waals surface area contributed by atoms with Crippen molar-refractivity contribution in [2.75, 3.05) is 18.4 Å². The minimum Gasteiger partial charge on any atom is -0.448 e. The lowest BCUT2D eigenvalue weighted by atomic mass is 10.1. The van der Waals surface area contributed by atoms with E-state index in [9.17, 15) is 14.4 Å². The molecule has 0 aliphatic heterocycles. The van der Waals surface area contributed by atoms with Gasteiger partial charge < -0.3 is 20.4 Å². The first-order valence-electron chi connectivity index (χ1n) is 11.7. The second kappa shape index (κ2) is 9.96. The maximum atomic E-state index is 12.5. The molecule has 1 fully saturated rings. The van der Waals surface area contributed by atoms with Gasteiger partial charge in [0.1, 0.15) is 12.8 Å². The van der Waals surface area contributed by atoms with E-state index in [1.54, 1.807) is 29.1 Å². The summed E-state index contributed by atoms with van der Waals surface area (Å²) in [4.78, 5) is 41.1. The number of fused-ring (bicyclic) bond motifs is 1. The zero-order chi connectivity index (χ0) is 24.2. The Hall–Kier alpha value is -4.21. The first kappa shape index (κ1) is 22.6. The summed E-state index contributed by atoms with van der Waals surface area (Å²) in [6, 6.07) is 5.32. The maximum absolute atomic E-state index is 12.5. The number of hydrogen-bond acceptors (Lipinski definition) is 6. The van der Waals surface area contributed by atoms with Gasteiger partial charge in [-0.05, 0) is 43.9 Å². The highest BCUT2D eigenvalue weighted by atomic mass is 16.3. The van der Waals surface area contributed by atoms with Gasteiger partial charge in [-0.3, -0.25) is 19.1 Å². The monoisotopic (exact) mass is 474 g/mol. The predicted octanol–water partition coefficient (Wildman–Crippen LogP) is 2.66. The van der Waals surface area contributed by atoms with Crippen LogP contribution in [0.2, 0.25) is 0 Å². The van der Waals surface area contributed by atoms with Crippen molar-refractivity contribution >= 4 is 34.3 Å². The van der Waals surface area contributed by atoms with Gasteiger partial charge >= 0.3 is 0 Å². The van der Waals surface area contributed by atoms with Crippen LogP contribution in [0.5, 0.6) is 0 Å². The fourth-order valence-electron chi connectivity index (χ4n) is 3.81. The lowest BCUT2D eigenvalue weighted by Gasteiger charge is -2.09. The summed E-state index contributed by atoms with van der Waals surface area (Å²) in [5, 5.41) is 13.6. The molecule has 35 heavy (non-hydrogen) atoms. The molecule has 2 aliphatic carbocycles. The van der Waals surface area contributed by atoms with Crippen molar-refractivity contribution in [3.8, 4) is 0 Å². The summed E-state index contributed by atoms with van der Waals surface area (Å²) in [6.45, 7) is 0.706. The van der Waals surface area contributed by atoms with Crippen molar-refractivity contribution in [3.05, 3.63) is 66.0 Å². The van der Waals surface area contributed by atoms with Crippen LogP contribution in [0.15, 0.2) is 58.9 Å². The summed E-state index contributed by atoms with van der Waals surface area (Å²) >= 11 is 0. The van der Waals surface area contributed by atoms with E-state index in [2.05, 4.69) is 26.0 Å². The summed E-state index contributed by atoms with van der Waals surface area (Å²) in [5.74, 6) is 0.269. The van der Waals surface area contributed by atoms with Crippen LogP contribution in [-0.2, 0) is 16.1 Å². The fraction of sp³-hybridized carbons (Fsp3) is 0.320. The molecule has 180 valence electrons. The Balaban J connectivity index is 1.10. The van der Waals surface area contributed by atoms with Crippen molar-refractivity contribution in [1.82, 2.24) is 25.4 Å². The average molecular weight is 475 g/mol. The van der Waals surface area contributed by atoms with Gasteiger partial charge in [-0.25, -0.2) is 4.98 Å². The molecular formula is C25H26N6O4. The van der Waals surface area contributed by atoms with Gasteiger partial charge in [-0.15, -0.1) is 0 Å². The first-order chi connectivity index (χ1) is 17.0. The van der Waals surface area contributed by atoms with Gasteiger partial charge in [0.15, 0.2) is 11.6 Å². The van der Waals surface area contributed by atoms with E-state index in [4.69, 9.17) is 4.42 Å².